The Balaban J connectivity index is 1.41. The number of benzene rings is 2. The van der Waals surface area contributed by atoms with Gasteiger partial charge in [0, 0.05) is 20.8 Å². The molecule has 1 saturated carbocycles. The summed E-state index contributed by atoms with van der Waals surface area (Å²) in [6.07, 6.45) is 2.12. The quantitative estimate of drug-likeness (QED) is 0.0970. The van der Waals surface area contributed by atoms with Crippen LogP contribution in [-0.2, 0) is 9.59 Å². The van der Waals surface area contributed by atoms with Crippen molar-refractivity contribution in [1.29, 1.82) is 0 Å². The molecule has 2 aliphatic rings. The smallest absolute Gasteiger partial charge is 0.379 e. The van der Waals surface area contributed by atoms with Gasteiger partial charge in [0.25, 0.3) is 17.7 Å². The van der Waals surface area contributed by atoms with Crippen molar-refractivity contribution in [2.45, 2.75) is 22.5 Å². The van der Waals surface area contributed by atoms with E-state index in [2.05, 4.69) is 31.9 Å². The molecule has 3 amide bonds. The molecule has 1 aliphatic carbocycles. The lowest BCUT2D eigenvalue weighted by atomic mass is 9.81. The number of rotatable bonds is 7. The molecule has 5 rings (SSSR count). The highest BCUT2D eigenvalue weighted by atomic mass is 79.9. The Bertz CT molecular complexity index is 1500. The largest absolute Gasteiger partial charge is 0.457 e. The number of hydrogen-bond acceptors (Lipinski definition) is 7. The number of carbonyl (C=O) groups is 5. The summed E-state index contributed by atoms with van der Waals surface area (Å²) in [6, 6.07) is 12.8. The zero-order valence-electron chi connectivity index (χ0n) is 21.0. The predicted molar refractivity (Wildman–Crippen MR) is 155 cm³/mol. The third kappa shape index (κ3) is 5.99. The topological polar surface area (TPSA) is 114 Å². The molecule has 1 aliphatic heterocycles. The van der Waals surface area contributed by atoms with Crippen molar-refractivity contribution in [3.05, 3.63) is 87.8 Å². The number of hydrogen-bond donors (Lipinski definition) is 0. The first-order valence-electron chi connectivity index (χ1n) is 12.4. The third-order valence-corrected chi connectivity index (χ3v) is 10.4. The molecular weight excluding hydrogens is 707 g/mol. The van der Waals surface area contributed by atoms with Crippen LogP contribution in [0.4, 0.5) is 0 Å². The number of fused-ring (bicyclic) bond motifs is 1. The Morgan fingerprint density at radius 3 is 2.07 bits per heavy atom. The number of hydrazine groups is 1. The van der Waals surface area contributed by atoms with E-state index in [4.69, 9.17) is 32.4 Å². The van der Waals surface area contributed by atoms with Gasteiger partial charge in [0.15, 0.2) is 5.78 Å². The number of imide groups is 1. The van der Waals surface area contributed by atoms with Crippen LogP contribution < -0.4 is 4.74 Å². The number of amides is 3. The first-order valence-corrected chi connectivity index (χ1v) is 15.0. The molecule has 13 heteroatoms. The first-order chi connectivity index (χ1) is 19.5. The van der Waals surface area contributed by atoms with Gasteiger partial charge in [-0.05, 0) is 67.4 Å². The van der Waals surface area contributed by atoms with Gasteiger partial charge in [0.1, 0.15) is 12.3 Å². The highest BCUT2D eigenvalue weighted by Crippen LogP contribution is 2.43. The molecule has 2 aromatic carbocycles. The van der Waals surface area contributed by atoms with Gasteiger partial charge >= 0.3 is 5.97 Å². The monoisotopic (exact) mass is 724 g/mol. The average Bonchev–Trinajstić information content (AvgIpc) is 3.57. The van der Waals surface area contributed by atoms with Crippen molar-refractivity contribution < 1.29 is 33.1 Å². The molecule has 4 atom stereocenters. The highest BCUT2D eigenvalue weighted by molar-refractivity contribution is 9.12. The Kier molecular flexibility index (Phi) is 8.70. The maximum atomic E-state index is 13.7. The van der Waals surface area contributed by atoms with E-state index < -0.39 is 47.9 Å². The number of carbonyl (C=O) groups excluding carboxylic acids is 5. The van der Waals surface area contributed by atoms with E-state index in [9.17, 15) is 24.0 Å². The lowest BCUT2D eigenvalue weighted by Crippen LogP contribution is -2.52. The van der Waals surface area contributed by atoms with Gasteiger partial charge in [-0.1, -0.05) is 55.1 Å². The van der Waals surface area contributed by atoms with Crippen LogP contribution in [0.15, 0.2) is 65.3 Å². The molecule has 0 radical (unpaired) electrons. The number of nitrogens with zero attached hydrogens (tertiary/aromatic N) is 2. The van der Waals surface area contributed by atoms with Crippen LogP contribution in [0.1, 0.15) is 44.1 Å². The third-order valence-electron chi connectivity index (χ3n) is 6.93. The van der Waals surface area contributed by atoms with Crippen LogP contribution in [0.3, 0.4) is 0 Å². The maximum absolute atomic E-state index is 13.7. The molecule has 0 unspecified atom stereocenters. The summed E-state index contributed by atoms with van der Waals surface area (Å²) >= 11 is 19.2. The van der Waals surface area contributed by atoms with E-state index in [0.717, 1.165) is 10.0 Å². The normalized spacial score (nSPS) is 21.9. The van der Waals surface area contributed by atoms with Crippen molar-refractivity contribution in [3.63, 3.8) is 0 Å². The van der Waals surface area contributed by atoms with Gasteiger partial charge in [-0.15, -0.1) is 0 Å². The number of halogens is 4. The van der Waals surface area contributed by atoms with Gasteiger partial charge in [0.05, 0.1) is 28.1 Å². The summed E-state index contributed by atoms with van der Waals surface area (Å²) in [5.41, 5.74) is 0.201. The number of furan rings is 1. The van der Waals surface area contributed by atoms with Crippen molar-refractivity contribution in [3.8, 4) is 5.75 Å². The second-order valence-corrected chi connectivity index (χ2v) is 12.7. The summed E-state index contributed by atoms with van der Waals surface area (Å²) in [5, 5.41) is 1.97. The first kappa shape index (κ1) is 29.5. The van der Waals surface area contributed by atoms with Crippen LogP contribution in [0.2, 0.25) is 10.0 Å². The average molecular weight is 727 g/mol. The molecule has 1 aromatic heterocycles. The minimum Gasteiger partial charge on any atom is -0.457 e. The maximum Gasteiger partial charge on any atom is 0.379 e. The number of Topliss-reactive ketones (excluding diaryl/α,β-unsaturated/α-hetero) is 1. The lowest BCUT2D eigenvalue weighted by Gasteiger charge is -2.30. The number of ketones is 1. The fourth-order valence-electron chi connectivity index (χ4n) is 4.82. The van der Waals surface area contributed by atoms with Gasteiger partial charge < -0.3 is 9.15 Å². The van der Waals surface area contributed by atoms with E-state index in [0.29, 0.717) is 12.8 Å². The lowest BCUT2D eigenvalue weighted by molar-refractivity contribution is -0.154. The molecule has 0 bridgehead atoms. The standard InChI is InChI=1S/C28H20Br2Cl2N2O7/c29-19-11-17-18(12-20(19)30)27(38)34(26(17)37)33(25(36)15-5-8-21(31)22(32)10-15)13-23(35)14-3-6-16(7-4-14)41-28(39)24-2-1-9-40-24/h1-10,17-20H,11-13H2/t17-,18+,19+,20-. The fraction of sp³-hybridized carbons (Fsp3) is 0.250. The molecule has 3 aromatic rings. The molecule has 212 valence electrons. The van der Waals surface area contributed by atoms with Crippen LogP contribution >= 0.6 is 55.1 Å². The predicted octanol–water partition coefficient (Wildman–Crippen LogP) is 5.97. The SMILES string of the molecule is O=C(CN(C(=O)c1ccc(Cl)c(Cl)c1)N1C(=O)[C@H]2C[C@@H](Br)[C@@H](Br)C[C@H]2C1=O)c1ccc(OC(=O)c2ccco2)cc1. The fourth-order valence-corrected chi connectivity index (χ4v) is 6.35. The molecule has 0 spiro atoms. The summed E-state index contributed by atoms with van der Waals surface area (Å²) < 4.78 is 10.2. The number of alkyl halides is 2. The van der Waals surface area contributed by atoms with Crippen LogP contribution in [-0.4, -0.2) is 55.7 Å². The van der Waals surface area contributed by atoms with Crippen LogP contribution in [0.25, 0.3) is 0 Å². The zero-order valence-corrected chi connectivity index (χ0v) is 25.7. The van der Waals surface area contributed by atoms with Gasteiger partial charge in [-0.3, -0.25) is 19.2 Å². The van der Waals surface area contributed by atoms with Crippen molar-refractivity contribution in [1.82, 2.24) is 10.0 Å². The second-order valence-electron chi connectivity index (χ2n) is 9.51. The Labute approximate surface area is 260 Å². The minimum atomic E-state index is -0.771. The van der Waals surface area contributed by atoms with E-state index in [-0.39, 0.29) is 42.3 Å². The summed E-state index contributed by atoms with van der Waals surface area (Å²) in [4.78, 5) is 66.2. The zero-order chi connectivity index (χ0) is 29.4. The van der Waals surface area contributed by atoms with Crippen molar-refractivity contribution in [2.75, 3.05) is 6.54 Å². The Morgan fingerprint density at radius 1 is 0.902 bits per heavy atom. The van der Waals surface area contributed by atoms with E-state index in [1.54, 1.807) is 6.07 Å². The summed E-state index contributed by atoms with van der Waals surface area (Å²) in [7, 11) is 0. The molecule has 9 nitrogen and oxygen atoms in total. The molecule has 41 heavy (non-hydrogen) atoms. The van der Waals surface area contributed by atoms with Crippen molar-refractivity contribution >= 4 is 84.5 Å². The van der Waals surface area contributed by atoms with Crippen LogP contribution in [0, 0.1) is 11.8 Å². The highest BCUT2D eigenvalue weighted by Gasteiger charge is 2.54. The molecule has 2 heterocycles. The molecule has 1 saturated heterocycles. The van der Waals surface area contributed by atoms with E-state index in [1.807, 2.05) is 0 Å². The number of esters is 1. The van der Waals surface area contributed by atoms with E-state index >= 15 is 0 Å². The Hall–Kier alpha value is -2.99. The van der Waals surface area contributed by atoms with Gasteiger partial charge in [-0.25, -0.2) is 9.80 Å². The van der Waals surface area contributed by atoms with Crippen molar-refractivity contribution in [2.24, 2.45) is 11.8 Å². The number of ether oxygens (including phenoxy) is 1. The molecule has 2 fully saturated rings. The second kappa shape index (κ2) is 12.1. The molecular formula is C28H20Br2Cl2N2O7. The van der Waals surface area contributed by atoms with E-state index in [1.165, 1.54) is 54.8 Å². The minimum absolute atomic E-state index is 0.0135. The van der Waals surface area contributed by atoms with Crippen LogP contribution in [0.5, 0.6) is 5.75 Å². The van der Waals surface area contributed by atoms with Gasteiger partial charge in [-0.2, -0.15) is 5.01 Å². The van der Waals surface area contributed by atoms with Gasteiger partial charge in [0.2, 0.25) is 5.76 Å². The molecule has 0 N–H and O–H groups in total. The summed E-state index contributed by atoms with van der Waals surface area (Å²) in [5.74, 6) is -4.24. The Morgan fingerprint density at radius 2 is 1.51 bits per heavy atom. The summed E-state index contributed by atoms with van der Waals surface area (Å²) in [6.45, 7) is -0.614.